The van der Waals surface area contributed by atoms with Gasteiger partial charge in [0.2, 0.25) is 11.8 Å². The summed E-state index contributed by atoms with van der Waals surface area (Å²) in [4.78, 5) is 15.9. The number of carbonyl (C=O) groups excluding carboxylic acids is 1. The molecule has 1 atom stereocenters. The van der Waals surface area contributed by atoms with Gasteiger partial charge in [0.25, 0.3) is 0 Å². The van der Waals surface area contributed by atoms with Crippen LogP contribution in [0.15, 0.2) is 53.3 Å². The van der Waals surface area contributed by atoms with Crippen molar-refractivity contribution in [3.63, 3.8) is 0 Å². The van der Waals surface area contributed by atoms with E-state index in [2.05, 4.69) is 10.3 Å². The van der Waals surface area contributed by atoms with Crippen LogP contribution in [0, 0.1) is 0 Å². The van der Waals surface area contributed by atoms with Crippen LogP contribution >= 0.6 is 0 Å². The van der Waals surface area contributed by atoms with Crippen molar-refractivity contribution in [3.05, 3.63) is 60.2 Å². The number of rotatable bonds is 10. The maximum atomic E-state index is 11.9. The SMILES string of the molecule is O=C(CS(=O)Cc1ccco1)NC/C=C/COc1cc(C2OCCO2)ccn1. The number of nitrogens with zero attached hydrogens (tertiary/aromatic N) is 1. The van der Waals surface area contributed by atoms with Gasteiger partial charge in [-0.3, -0.25) is 9.00 Å². The highest BCUT2D eigenvalue weighted by Crippen LogP contribution is 2.24. The molecule has 1 saturated heterocycles. The number of hydrogen-bond donors (Lipinski definition) is 1. The fourth-order valence-corrected chi connectivity index (χ4v) is 3.44. The number of furan rings is 1. The maximum absolute atomic E-state index is 11.9. The minimum absolute atomic E-state index is 0.0624. The van der Waals surface area contributed by atoms with Gasteiger partial charge in [-0.15, -0.1) is 0 Å². The number of nitrogens with one attached hydrogen (secondary N) is 1. The van der Waals surface area contributed by atoms with E-state index in [0.29, 0.717) is 38.0 Å². The van der Waals surface area contributed by atoms with Gasteiger partial charge in [0.1, 0.15) is 18.1 Å². The van der Waals surface area contributed by atoms with Gasteiger partial charge in [-0.1, -0.05) is 6.08 Å². The number of hydrogen-bond acceptors (Lipinski definition) is 7. The van der Waals surface area contributed by atoms with Crippen LogP contribution in [0.2, 0.25) is 0 Å². The van der Waals surface area contributed by atoms with Crippen molar-refractivity contribution in [2.24, 2.45) is 0 Å². The van der Waals surface area contributed by atoms with Crippen molar-refractivity contribution in [1.29, 1.82) is 0 Å². The van der Waals surface area contributed by atoms with Crippen LogP contribution in [0.3, 0.4) is 0 Å². The summed E-state index contributed by atoms with van der Waals surface area (Å²) in [6.07, 6.45) is 6.33. The molecule has 150 valence electrons. The Morgan fingerprint density at radius 1 is 1.32 bits per heavy atom. The Balaban J connectivity index is 1.31. The summed E-state index contributed by atoms with van der Waals surface area (Å²) in [6, 6.07) is 7.06. The number of amides is 1. The van der Waals surface area contributed by atoms with Gasteiger partial charge in [-0.2, -0.15) is 0 Å². The molecule has 1 unspecified atom stereocenters. The monoisotopic (exact) mass is 406 g/mol. The summed E-state index contributed by atoms with van der Waals surface area (Å²) in [5.41, 5.74) is 0.862. The van der Waals surface area contributed by atoms with E-state index in [-0.39, 0.29) is 23.7 Å². The van der Waals surface area contributed by atoms with E-state index in [1.807, 2.05) is 6.07 Å². The zero-order chi connectivity index (χ0) is 19.6. The second-order valence-corrected chi connectivity index (χ2v) is 7.35. The average Bonchev–Trinajstić information content (AvgIpc) is 3.38. The summed E-state index contributed by atoms with van der Waals surface area (Å²) in [7, 11) is -1.30. The third-order valence-electron chi connectivity index (χ3n) is 3.74. The lowest BCUT2D eigenvalue weighted by molar-refractivity contribution is -0.118. The molecule has 0 radical (unpaired) electrons. The molecule has 0 spiro atoms. The van der Waals surface area contributed by atoms with Gasteiger partial charge in [0.15, 0.2) is 6.29 Å². The van der Waals surface area contributed by atoms with Crippen molar-refractivity contribution in [1.82, 2.24) is 10.3 Å². The number of pyridine rings is 1. The molecule has 1 aliphatic heterocycles. The van der Waals surface area contributed by atoms with E-state index in [1.54, 1.807) is 36.5 Å². The predicted octanol–water partition coefficient (Wildman–Crippen LogP) is 1.72. The second-order valence-electron chi connectivity index (χ2n) is 5.90. The van der Waals surface area contributed by atoms with E-state index >= 15 is 0 Å². The Morgan fingerprint density at radius 3 is 2.96 bits per heavy atom. The Kier molecular flexibility index (Phi) is 7.77. The Hall–Kier alpha value is -2.49. The molecule has 0 aliphatic carbocycles. The lowest BCUT2D eigenvalue weighted by atomic mass is 10.2. The third kappa shape index (κ3) is 6.59. The lowest BCUT2D eigenvalue weighted by Crippen LogP contribution is -2.28. The highest BCUT2D eigenvalue weighted by molar-refractivity contribution is 7.84. The fraction of sp³-hybridized carbons (Fsp3) is 0.368. The quantitative estimate of drug-likeness (QED) is 0.600. The summed E-state index contributed by atoms with van der Waals surface area (Å²) in [5.74, 6) is 0.965. The van der Waals surface area contributed by atoms with Gasteiger partial charge >= 0.3 is 0 Å². The van der Waals surface area contributed by atoms with Crippen LogP contribution in [-0.4, -0.2) is 47.2 Å². The summed E-state index contributed by atoms with van der Waals surface area (Å²) in [6.45, 7) is 1.79. The Bertz CT molecular complexity index is 803. The average molecular weight is 406 g/mol. The van der Waals surface area contributed by atoms with Crippen molar-refractivity contribution in [3.8, 4) is 5.88 Å². The molecule has 0 aromatic carbocycles. The second kappa shape index (κ2) is 10.7. The van der Waals surface area contributed by atoms with Gasteiger partial charge < -0.3 is 23.9 Å². The van der Waals surface area contributed by atoms with Crippen molar-refractivity contribution < 1.29 is 27.6 Å². The molecule has 3 heterocycles. The zero-order valence-corrected chi connectivity index (χ0v) is 16.1. The largest absolute Gasteiger partial charge is 0.473 e. The van der Waals surface area contributed by atoms with Crippen molar-refractivity contribution >= 4 is 16.7 Å². The molecule has 28 heavy (non-hydrogen) atoms. The van der Waals surface area contributed by atoms with Gasteiger partial charge in [-0.05, 0) is 24.3 Å². The molecular weight excluding hydrogens is 384 g/mol. The van der Waals surface area contributed by atoms with Crippen LogP contribution in [0.25, 0.3) is 0 Å². The van der Waals surface area contributed by atoms with E-state index in [0.717, 1.165) is 5.56 Å². The van der Waals surface area contributed by atoms with Gasteiger partial charge in [-0.25, -0.2) is 4.98 Å². The van der Waals surface area contributed by atoms with Crippen molar-refractivity contribution in [2.75, 3.05) is 32.1 Å². The van der Waals surface area contributed by atoms with E-state index < -0.39 is 10.8 Å². The standard InChI is InChI=1S/C19H22N2O6S/c22-17(14-28(23)13-16-4-3-9-24-16)20-6-1-2-8-25-18-12-15(5-7-21-18)19-26-10-11-27-19/h1-5,7,9,12,19H,6,8,10-11,13-14H2,(H,20,22)/b2-1+. The molecule has 0 saturated carbocycles. The van der Waals surface area contributed by atoms with Crippen LogP contribution in [0.1, 0.15) is 17.6 Å². The maximum Gasteiger partial charge on any atom is 0.232 e. The van der Waals surface area contributed by atoms with Crippen LogP contribution < -0.4 is 10.1 Å². The third-order valence-corrected chi connectivity index (χ3v) is 4.93. The highest BCUT2D eigenvalue weighted by Gasteiger charge is 2.18. The first-order valence-electron chi connectivity index (χ1n) is 8.82. The van der Waals surface area contributed by atoms with E-state index in [4.69, 9.17) is 18.6 Å². The molecule has 0 bridgehead atoms. The molecule has 3 rings (SSSR count). The minimum atomic E-state index is -1.30. The molecule has 2 aromatic heterocycles. The first-order valence-corrected chi connectivity index (χ1v) is 10.3. The molecule has 1 aliphatic rings. The predicted molar refractivity (Wildman–Crippen MR) is 102 cm³/mol. The van der Waals surface area contributed by atoms with Gasteiger partial charge in [0, 0.05) is 35.2 Å². The fourth-order valence-electron chi connectivity index (χ4n) is 2.46. The number of aromatic nitrogens is 1. The first-order chi connectivity index (χ1) is 13.7. The molecule has 1 N–H and O–H groups in total. The lowest BCUT2D eigenvalue weighted by Gasteiger charge is -2.10. The number of ether oxygens (including phenoxy) is 3. The zero-order valence-electron chi connectivity index (χ0n) is 15.2. The normalized spacial score (nSPS) is 15.7. The summed E-state index contributed by atoms with van der Waals surface area (Å²) in [5, 5.41) is 2.68. The molecule has 2 aromatic rings. The molecule has 1 amide bonds. The van der Waals surface area contributed by atoms with E-state index in [9.17, 15) is 9.00 Å². The van der Waals surface area contributed by atoms with E-state index in [1.165, 1.54) is 6.26 Å². The summed E-state index contributed by atoms with van der Waals surface area (Å²) < 4.78 is 33.4. The molecule has 1 fully saturated rings. The van der Waals surface area contributed by atoms with Crippen LogP contribution in [-0.2, 0) is 30.8 Å². The topological polar surface area (TPSA) is 99.9 Å². The molecular formula is C19H22N2O6S. The Labute approximate surface area is 165 Å². The first kappa shape index (κ1) is 20.2. The number of carbonyl (C=O) groups is 1. The molecule has 8 nitrogen and oxygen atoms in total. The molecule has 9 heteroatoms. The summed E-state index contributed by atoms with van der Waals surface area (Å²) >= 11 is 0. The van der Waals surface area contributed by atoms with Crippen LogP contribution in [0.4, 0.5) is 0 Å². The smallest absolute Gasteiger partial charge is 0.232 e. The highest BCUT2D eigenvalue weighted by atomic mass is 32.2. The Morgan fingerprint density at radius 2 is 2.18 bits per heavy atom. The van der Waals surface area contributed by atoms with Gasteiger partial charge in [0.05, 0.1) is 25.2 Å². The van der Waals surface area contributed by atoms with Crippen molar-refractivity contribution in [2.45, 2.75) is 12.0 Å². The minimum Gasteiger partial charge on any atom is -0.473 e. The van der Waals surface area contributed by atoms with Crippen LogP contribution in [0.5, 0.6) is 5.88 Å².